The number of nitrogens with one attached hydrogen (secondary N) is 1. The molecule has 2 atom stereocenters. The number of hydrogen-bond donors (Lipinski definition) is 2. The third-order valence-corrected chi connectivity index (χ3v) is 4.07. The van der Waals surface area contributed by atoms with Crippen molar-refractivity contribution in [3.05, 3.63) is 28.2 Å². The molecule has 1 amide bonds. The average Bonchev–Trinajstić information content (AvgIpc) is 2.81. The van der Waals surface area contributed by atoms with E-state index >= 15 is 0 Å². The second-order valence-electron chi connectivity index (χ2n) is 5.44. The summed E-state index contributed by atoms with van der Waals surface area (Å²) in [5, 5.41) is 12.6. The molecule has 1 heterocycles. The van der Waals surface area contributed by atoms with Crippen LogP contribution in [0.3, 0.4) is 0 Å². The second-order valence-corrected chi connectivity index (χ2v) is 6.35. The molecule has 1 aliphatic heterocycles. The zero-order valence-corrected chi connectivity index (χ0v) is 13.3. The van der Waals surface area contributed by atoms with Gasteiger partial charge < -0.3 is 15.2 Å². The summed E-state index contributed by atoms with van der Waals surface area (Å²) >= 11 is 3.41. The van der Waals surface area contributed by atoms with Gasteiger partial charge in [-0.2, -0.15) is 0 Å². The normalized spacial score (nSPS) is 18.6. The Hall–Kier alpha value is -1.07. The molecule has 20 heavy (non-hydrogen) atoms. The van der Waals surface area contributed by atoms with E-state index in [1.807, 2.05) is 32.0 Å². The predicted molar refractivity (Wildman–Crippen MR) is 80.8 cm³/mol. The van der Waals surface area contributed by atoms with Gasteiger partial charge in [0.1, 0.15) is 18.3 Å². The van der Waals surface area contributed by atoms with Crippen molar-refractivity contribution in [2.75, 3.05) is 13.2 Å². The van der Waals surface area contributed by atoms with E-state index in [4.69, 9.17) is 4.74 Å². The first-order valence-electron chi connectivity index (χ1n) is 6.87. The summed E-state index contributed by atoms with van der Waals surface area (Å²) in [7, 11) is 0. The van der Waals surface area contributed by atoms with Crippen molar-refractivity contribution in [3.63, 3.8) is 0 Å². The van der Waals surface area contributed by atoms with Gasteiger partial charge in [-0.25, -0.2) is 0 Å². The third-order valence-electron chi connectivity index (χ3n) is 3.58. The summed E-state index contributed by atoms with van der Waals surface area (Å²) in [6.07, 6.45) is 0.194. The van der Waals surface area contributed by atoms with Crippen LogP contribution in [0.15, 0.2) is 22.7 Å². The van der Waals surface area contributed by atoms with Gasteiger partial charge in [-0.1, -0.05) is 29.8 Å². The molecule has 0 saturated carbocycles. The molecule has 4 nitrogen and oxygen atoms in total. The number of ether oxygens (including phenoxy) is 1. The van der Waals surface area contributed by atoms with Crippen LogP contribution in [0.4, 0.5) is 0 Å². The van der Waals surface area contributed by atoms with Gasteiger partial charge in [-0.05, 0) is 30.5 Å². The highest BCUT2D eigenvalue weighted by molar-refractivity contribution is 9.10. The summed E-state index contributed by atoms with van der Waals surface area (Å²) in [4.78, 5) is 12.2. The quantitative estimate of drug-likeness (QED) is 0.864. The highest BCUT2D eigenvalue weighted by Gasteiger charge is 2.30. The van der Waals surface area contributed by atoms with E-state index in [1.54, 1.807) is 0 Å². The Balaban J connectivity index is 1.91. The Morgan fingerprint density at radius 1 is 1.55 bits per heavy atom. The monoisotopic (exact) mass is 341 g/mol. The van der Waals surface area contributed by atoms with Gasteiger partial charge >= 0.3 is 0 Å². The van der Waals surface area contributed by atoms with Crippen LogP contribution in [0.5, 0.6) is 5.75 Å². The first kappa shape index (κ1) is 15.3. The number of hydrogen-bond acceptors (Lipinski definition) is 3. The fourth-order valence-corrected chi connectivity index (χ4v) is 2.58. The highest BCUT2D eigenvalue weighted by Crippen LogP contribution is 2.35. The molecule has 1 aliphatic rings. The Kier molecular flexibility index (Phi) is 5.05. The van der Waals surface area contributed by atoms with Crippen molar-refractivity contribution < 1.29 is 14.6 Å². The molecule has 0 fully saturated rings. The molecule has 2 rings (SSSR count). The van der Waals surface area contributed by atoms with Gasteiger partial charge in [-0.3, -0.25) is 4.79 Å². The molecule has 1 aromatic rings. The van der Waals surface area contributed by atoms with Crippen molar-refractivity contribution in [3.8, 4) is 5.75 Å². The molecule has 0 radical (unpaired) electrons. The smallest absolute Gasteiger partial charge is 0.231 e. The molecule has 0 bridgehead atoms. The molecule has 0 aromatic heterocycles. The van der Waals surface area contributed by atoms with Crippen LogP contribution in [0.25, 0.3) is 0 Å². The molecule has 110 valence electrons. The molecule has 2 unspecified atom stereocenters. The van der Waals surface area contributed by atoms with Crippen LogP contribution in [-0.4, -0.2) is 30.3 Å². The Labute approximate surface area is 127 Å². The minimum Gasteiger partial charge on any atom is -0.492 e. The fraction of sp³-hybridized carbons (Fsp3) is 0.533. The SMILES string of the molecule is CC(C)C(O)CCNC(=O)C1COc2ccc(Br)cc21. The fourth-order valence-electron chi connectivity index (χ4n) is 2.20. The molecular weight excluding hydrogens is 322 g/mol. The van der Waals surface area contributed by atoms with E-state index in [0.29, 0.717) is 19.6 Å². The summed E-state index contributed by atoms with van der Waals surface area (Å²) in [6, 6.07) is 5.70. The van der Waals surface area contributed by atoms with E-state index in [9.17, 15) is 9.90 Å². The van der Waals surface area contributed by atoms with Crippen LogP contribution < -0.4 is 10.1 Å². The number of amides is 1. The predicted octanol–water partition coefficient (Wildman–Crippen LogP) is 2.45. The lowest BCUT2D eigenvalue weighted by molar-refractivity contribution is -0.122. The topological polar surface area (TPSA) is 58.6 Å². The molecular formula is C15H20BrNO3. The van der Waals surface area contributed by atoms with Crippen molar-refractivity contribution in [2.24, 2.45) is 5.92 Å². The second kappa shape index (κ2) is 6.59. The third kappa shape index (κ3) is 3.52. The minimum atomic E-state index is -0.378. The average molecular weight is 342 g/mol. The van der Waals surface area contributed by atoms with Gasteiger partial charge in [0.2, 0.25) is 5.91 Å². The molecule has 5 heteroatoms. The van der Waals surface area contributed by atoms with Crippen molar-refractivity contribution in [1.29, 1.82) is 0 Å². The lowest BCUT2D eigenvalue weighted by atomic mass is 10.00. The number of benzene rings is 1. The van der Waals surface area contributed by atoms with Crippen LogP contribution >= 0.6 is 15.9 Å². The van der Waals surface area contributed by atoms with Crippen LogP contribution in [0.1, 0.15) is 31.7 Å². The van der Waals surface area contributed by atoms with Crippen molar-refractivity contribution in [1.82, 2.24) is 5.32 Å². The van der Waals surface area contributed by atoms with Crippen LogP contribution in [0, 0.1) is 5.92 Å². The van der Waals surface area contributed by atoms with E-state index in [2.05, 4.69) is 21.2 Å². The van der Waals surface area contributed by atoms with Gasteiger partial charge in [-0.15, -0.1) is 0 Å². The first-order valence-corrected chi connectivity index (χ1v) is 7.66. The summed E-state index contributed by atoms with van der Waals surface area (Å²) in [6.45, 7) is 4.79. The lowest BCUT2D eigenvalue weighted by Crippen LogP contribution is -2.33. The molecule has 0 aliphatic carbocycles. The van der Waals surface area contributed by atoms with Gasteiger partial charge in [0, 0.05) is 16.6 Å². The lowest BCUT2D eigenvalue weighted by Gasteiger charge is -2.15. The number of carbonyl (C=O) groups excluding carboxylic acids is 1. The maximum atomic E-state index is 12.2. The van der Waals surface area contributed by atoms with Gasteiger partial charge in [0.25, 0.3) is 0 Å². The Bertz CT molecular complexity index is 490. The Morgan fingerprint density at radius 2 is 2.30 bits per heavy atom. The van der Waals surface area contributed by atoms with E-state index in [-0.39, 0.29) is 23.8 Å². The standard InChI is InChI=1S/C15H20BrNO3/c1-9(2)13(18)5-6-17-15(19)12-8-20-14-4-3-10(16)7-11(12)14/h3-4,7,9,12-13,18H,5-6,8H2,1-2H3,(H,17,19). The highest BCUT2D eigenvalue weighted by atomic mass is 79.9. The molecule has 0 spiro atoms. The maximum absolute atomic E-state index is 12.2. The summed E-state index contributed by atoms with van der Waals surface area (Å²) in [5.74, 6) is 0.672. The number of aliphatic hydroxyl groups excluding tert-OH is 1. The minimum absolute atomic E-state index is 0.0437. The molecule has 1 aromatic carbocycles. The van der Waals surface area contributed by atoms with E-state index < -0.39 is 0 Å². The number of rotatable bonds is 5. The van der Waals surface area contributed by atoms with Crippen LogP contribution in [0.2, 0.25) is 0 Å². The van der Waals surface area contributed by atoms with E-state index in [1.165, 1.54) is 0 Å². The molecule has 0 saturated heterocycles. The zero-order chi connectivity index (χ0) is 14.7. The number of fused-ring (bicyclic) bond motifs is 1. The molecule has 2 N–H and O–H groups in total. The Morgan fingerprint density at radius 3 is 3.00 bits per heavy atom. The van der Waals surface area contributed by atoms with E-state index in [0.717, 1.165) is 15.8 Å². The number of halogens is 1. The first-order chi connectivity index (χ1) is 9.49. The van der Waals surface area contributed by atoms with Crippen molar-refractivity contribution >= 4 is 21.8 Å². The number of carbonyl (C=O) groups is 1. The van der Waals surface area contributed by atoms with Gasteiger partial charge in [0.05, 0.1) is 6.10 Å². The number of aliphatic hydroxyl groups is 1. The van der Waals surface area contributed by atoms with Gasteiger partial charge in [0.15, 0.2) is 0 Å². The largest absolute Gasteiger partial charge is 0.492 e. The maximum Gasteiger partial charge on any atom is 0.231 e. The summed E-state index contributed by atoms with van der Waals surface area (Å²) < 4.78 is 6.46. The summed E-state index contributed by atoms with van der Waals surface area (Å²) in [5.41, 5.74) is 0.918. The van der Waals surface area contributed by atoms with Crippen molar-refractivity contribution in [2.45, 2.75) is 32.3 Å². The van der Waals surface area contributed by atoms with Crippen LogP contribution in [-0.2, 0) is 4.79 Å². The zero-order valence-electron chi connectivity index (χ0n) is 11.7.